The number of hydrogen-bond acceptors (Lipinski definition) is 4. The Bertz CT molecular complexity index is 657. The van der Waals surface area contributed by atoms with Gasteiger partial charge < -0.3 is 5.32 Å². The smallest absolute Gasteiger partial charge is 0.243 e. The summed E-state index contributed by atoms with van der Waals surface area (Å²) in [6, 6.07) is 8.24. The van der Waals surface area contributed by atoms with Crippen LogP contribution in [0.2, 0.25) is 0 Å². The van der Waals surface area contributed by atoms with E-state index in [2.05, 4.69) is 5.32 Å². The first-order valence-corrected chi connectivity index (χ1v) is 8.21. The molecule has 1 N–H and O–H groups in total. The Hall–Kier alpha value is -1.42. The predicted octanol–water partition coefficient (Wildman–Crippen LogP) is 0.932. The third-order valence-electron chi connectivity index (χ3n) is 4.34. The minimum Gasteiger partial charge on any atom is -0.316 e. The molecule has 1 unspecified atom stereocenters. The van der Waals surface area contributed by atoms with E-state index in [4.69, 9.17) is 5.26 Å². The molecule has 2 saturated heterocycles. The fourth-order valence-electron chi connectivity index (χ4n) is 3.12. The molecule has 20 heavy (non-hydrogen) atoms. The number of sulfonamides is 1. The number of nitrogens with one attached hydrogen (secondary N) is 1. The lowest BCUT2D eigenvalue weighted by molar-refractivity contribution is 0.338. The monoisotopic (exact) mass is 291 g/mol. The van der Waals surface area contributed by atoms with Gasteiger partial charge in [0.2, 0.25) is 10.0 Å². The van der Waals surface area contributed by atoms with E-state index in [9.17, 15) is 8.42 Å². The van der Waals surface area contributed by atoms with Crippen LogP contribution in [0.4, 0.5) is 0 Å². The van der Waals surface area contributed by atoms with Crippen LogP contribution in [0.5, 0.6) is 0 Å². The van der Waals surface area contributed by atoms with Gasteiger partial charge in [-0.15, -0.1) is 0 Å². The van der Waals surface area contributed by atoms with E-state index in [0.29, 0.717) is 18.7 Å². The fourth-order valence-corrected chi connectivity index (χ4v) is 4.72. The van der Waals surface area contributed by atoms with Crippen LogP contribution in [-0.4, -0.2) is 38.9 Å². The summed E-state index contributed by atoms with van der Waals surface area (Å²) in [7, 11) is -3.48. The molecule has 5 nitrogen and oxygen atoms in total. The topological polar surface area (TPSA) is 73.2 Å². The van der Waals surface area contributed by atoms with Crippen LogP contribution in [0.3, 0.4) is 0 Å². The van der Waals surface area contributed by atoms with Crippen molar-refractivity contribution in [2.45, 2.75) is 17.7 Å². The van der Waals surface area contributed by atoms with Crippen molar-refractivity contribution >= 4 is 10.0 Å². The van der Waals surface area contributed by atoms with E-state index < -0.39 is 10.0 Å². The van der Waals surface area contributed by atoms with Crippen LogP contribution in [-0.2, 0) is 10.0 Å². The Morgan fingerprint density at radius 2 is 2.20 bits per heavy atom. The predicted molar refractivity (Wildman–Crippen MR) is 74.5 cm³/mol. The number of hydrogen-bond donors (Lipinski definition) is 1. The van der Waals surface area contributed by atoms with Crippen LogP contribution >= 0.6 is 0 Å². The van der Waals surface area contributed by atoms with Crippen molar-refractivity contribution in [3.05, 3.63) is 29.8 Å². The summed E-state index contributed by atoms with van der Waals surface area (Å²) in [5, 5.41) is 12.2. The van der Waals surface area contributed by atoms with Crippen LogP contribution in [0.25, 0.3) is 0 Å². The van der Waals surface area contributed by atoms with E-state index >= 15 is 0 Å². The van der Waals surface area contributed by atoms with Crippen LogP contribution < -0.4 is 5.32 Å². The van der Waals surface area contributed by atoms with Gasteiger partial charge in [0.05, 0.1) is 16.5 Å². The van der Waals surface area contributed by atoms with Crippen molar-refractivity contribution in [3.8, 4) is 6.07 Å². The summed E-state index contributed by atoms with van der Waals surface area (Å²) < 4.78 is 26.8. The standard InChI is InChI=1S/C14H17N3O2S/c15-9-12-2-1-3-13(8-12)20(18,19)17-7-5-14(11-17)4-6-16-10-14/h1-3,8,16H,4-7,10-11H2. The molecular formula is C14H17N3O2S. The lowest BCUT2D eigenvalue weighted by Crippen LogP contribution is -2.33. The molecule has 0 saturated carbocycles. The number of nitrogens with zero attached hydrogens (tertiary/aromatic N) is 2. The van der Waals surface area contributed by atoms with Gasteiger partial charge >= 0.3 is 0 Å². The molecule has 0 bridgehead atoms. The molecule has 1 spiro atoms. The van der Waals surface area contributed by atoms with Crippen molar-refractivity contribution in [2.75, 3.05) is 26.2 Å². The van der Waals surface area contributed by atoms with Gasteiger partial charge in [-0.2, -0.15) is 9.57 Å². The summed E-state index contributed by atoms with van der Waals surface area (Å²) in [6.07, 6.45) is 1.95. The SMILES string of the molecule is N#Cc1cccc(S(=O)(=O)N2CCC3(CCNC3)C2)c1. The zero-order chi connectivity index (χ0) is 14.2. The zero-order valence-electron chi connectivity index (χ0n) is 11.2. The van der Waals surface area contributed by atoms with E-state index in [-0.39, 0.29) is 10.3 Å². The first kappa shape index (κ1) is 13.6. The maximum absolute atomic E-state index is 12.6. The second-order valence-corrected chi connectivity index (χ2v) is 7.59. The fraction of sp³-hybridized carbons (Fsp3) is 0.500. The molecular weight excluding hydrogens is 274 g/mol. The number of rotatable bonds is 2. The molecule has 2 fully saturated rings. The third kappa shape index (κ3) is 2.22. The summed E-state index contributed by atoms with van der Waals surface area (Å²) in [5.41, 5.74) is 0.488. The van der Waals surface area contributed by atoms with Gasteiger partial charge in [-0.1, -0.05) is 6.07 Å². The molecule has 2 aliphatic rings. The first-order valence-electron chi connectivity index (χ1n) is 6.77. The van der Waals surface area contributed by atoms with Gasteiger partial charge in [-0.3, -0.25) is 0 Å². The van der Waals surface area contributed by atoms with Crippen LogP contribution in [0.1, 0.15) is 18.4 Å². The van der Waals surface area contributed by atoms with Gasteiger partial charge in [-0.25, -0.2) is 8.42 Å². The van der Waals surface area contributed by atoms with E-state index in [0.717, 1.165) is 25.9 Å². The van der Waals surface area contributed by atoms with Gasteiger partial charge in [-0.05, 0) is 43.0 Å². The van der Waals surface area contributed by atoms with Crippen molar-refractivity contribution < 1.29 is 8.42 Å². The van der Waals surface area contributed by atoms with Crippen LogP contribution in [0.15, 0.2) is 29.2 Å². The zero-order valence-corrected chi connectivity index (χ0v) is 12.0. The molecule has 0 radical (unpaired) electrons. The maximum atomic E-state index is 12.6. The van der Waals surface area contributed by atoms with E-state index in [1.54, 1.807) is 22.5 Å². The van der Waals surface area contributed by atoms with E-state index in [1.165, 1.54) is 6.07 Å². The van der Waals surface area contributed by atoms with Crippen LogP contribution in [0, 0.1) is 16.7 Å². The molecule has 2 heterocycles. The molecule has 6 heteroatoms. The minimum atomic E-state index is -3.48. The highest BCUT2D eigenvalue weighted by Crippen LogP contribution is 2.38. The Balaban J connectivity index is 1.87. The summed E-state index contributed by atoms with van der Waals surface area (Å²) in [6.45, 7) is 3.02. The largest absolute Gasteiger partial charge is 0.316 e. The maximum Gasteiger partial charge on any atom is 0.243 e. The third-order valence-corrected chi connectivity index (χ3v) is 6.18. The second-order valence-electron chi connectivity index (χ2n) is 5.66. The Morgan fingerprint density at radius 3 is 2.90 bits per heavy atom. The number of nitriles is 1. The Morgan fingerprint density at radius 1 is 1.35 bits per heavy atom. The lowest BCUT2D eigenvalue weighted by atomic mass is 9.87. The molecule has 0 aromatic heterocycles. The molecule has 1 atom stereocenters. The van der Waals surface area contributed by atoms with Gasteiger partial charge in [0, 0.05) is 19.6 Å². The highest BCUT2D eigenvalue weighted by Gasteiger charge is 2.44. The van der Waals surface area contributed by atoms with Gasteiger partial charge in [0.25, 0.3) is 0 Å². The van der Waals surface area contributed by atoms with Crippen molar-refractivity contribution in [2.24, 2.45) is 5.41 Å². The summed E-state index contributed by atoms with van der Waals surface area (Å²) >= 11 is 0. The molecule has 1 aromatic rings. The normalized spacial score (nSPS) is 26.9. The summed E-state index contributed by atoms with van der Waals surface area (Å²) in [4.78, 5) is 0.222. The van der Waals surface area contributed by atoms with Crippen molar-refractivity contribution in [1.29, 1.82) is 5.26 Å². The molecule has 1 aromatic carbocycles. The van der Waals surface area contributed by atoms with E-state index in [1.807, 2.05) is 6.07 Å². The van der Waals surface area contributed by atoms with Crippen molar-refractivity contribution in [1.82, 2.24) is 9.62 Å². The molecule has 0 aliphatic carbocycles. The number of benzene rings is 1. The molecule has 3 rings (SSSR count). The van der Waals surface area contributed by atoms with Crippen molar-refractivity contribution in [3.63, 3.8) is 0 Å². The van der Waals surface area contributed by atoms with Gasteiger partial charge in [0.15, 0.2) is 0 Å². The quantitative estimate of drug-likeness (QED) is 0.880. The average molecular weight is 291 g/mol. The average Bonchev–Trinajstić information content (AvgIpc) is 3.10. The summed E-state index contributed by atoms with van der Waals surface area (Å²) in [5.74, 6) is 0. The lowest BCUT2D eigenvalue weighted by Gasteiger charge is -2.22. The Kier molecular flexibility index (Phi) is 3.28. The first-order chi connectivity index (χ1) is 9.56. The highest BCUT2D eigenvalue weighted by molar-refractivity contribution is 7.89. The highest BCUT2D eigenvalue weighted by atomic mass is 32.2. The molecule has 2 aliphatic heterocycles. The second kappa shape index (κ2) is 4.85. The minimum absolute atomic E-state index is 0.111. The molecule has 0 amide bonds. The molecule has 106 valence electrons. The van der Waals surface area contributed by atoms with Gasteiger partial charge in [0.1, 0.15) is 0 Å². The Labute approximate surface area is 119 Å².